The average molecular weight is 536 g/mol. The maximum absolute atomic E-state index is 13.6. The number of hydrogen-bond donors (Lipinski definition) is 2. The molecule has 38 heavy (non-hydrogen) atoms. The van der Waals surface area contributed by atoms with E-state index in [9.17, 15) is 18.0 Å². The topological polar surface area (TPSA) is 105 Å². The number of aryl methyl sites for hydroxylation is 1. The van der Waals surface area contributed by atoms with Crippen LogP contribution in [0, 0.1) is 6.92 Å². The van der Waals surface area contributed by atoms with Crippen LogP contribution in [0.25, 0.3) is 0 Å². The van der Waals surface area contributed by atoms with Crippen molar-refractivity contribution in [3.8, 4) is 5.75 Å². The molecular weight excluding hydrogens is 502 g/mol. The molecule has 3 aromatic carbocycles. The fourth-order valence-electron chi connectivity index (χ4n) is 4.52. The monoisotopic (exact) mass is 535 g/mol. The molecule has 0 spiro atoms. The number of carbonyl (C=O) groups excluding carboxylic acids is 2. The summed E-state index contributed by atoms with van der Waals surface area (Å²) in [5.74, 6) is -0.304. The Hall–Kier alpha value is -3.85. The molecule has 0 aliphatic heterocycles. The number of sulfonamides is 1. The van der Waals surface area contributed by atoms with Crippen molar-refractivity contribution in [3.63, 3.8) is 0 Å². The minimum absolute atomic E-state index is 0.0268. The number of benzene rings is 3. The number of amides is 2. The Balaban J connectivity index is 1.57. The molecule has 4 rings (SSSR count). The molecule has 1 aliphatic carbocycles. The van der Waals surface area contributed by atoms with Gasteiger partial charge in [-0.3, -0.25) is 13.9 Å². The molecule has 1 fully saturated rings. The van der Waals surface area contributed by atoms with Crippen LogP contribution in [0.15, 0.2) is 77.7 Å². The molecule has 8 nitrogen and oxygen atoms in total. The van der Waals surface area contributed by atoms with E-state index in [2.05, 4.69) is 10.6 Å². The van der Waals surface area contributed by atoms with Crippen LogP contribution in [-0.4, -0.2) is 39.9 Å². The standard InChI is InChI=1S/C29H33N3O5S/c1-21-12-14-23(15-13-21)32(38(35,36)25-18-16-24(37-2)17-19-25)20-28(33)31-27-11-7-6-10-26(27)29(34)30-22-8-4-3-5-9-22/h6-7,10-19,22H,3-5,8-9,20H2,1-2H3,(H,30,34)(H,31,33). The van der Waals surface area contributed by atoms with E-state index >= 15 is 0 Å². The van der Waals surface area contributed by atoms with Crippen molar-refractivity contribution in [2.45, 2.75) is 50.0 Å². The van der Waals surface area contributed by atoms with Crippen molar-refractivity contribution in [3.05, 3.63) is 83.9 Å². The summed E-state index contributed by atoms with van der Waals surface area (Å²) >= 11 is 0. The summed E-state index contributed by atoms with van der Waals surface area (Å²) in [6.07, 6.45) is 5.22. The summed E-state index contributed by atoms with van der Waals surface area (Å²) in [7, 11) is -2.59. The lowest BCUT2D eigenvalue weighted by Gasteiger charge is -2.25. The first kappa shape index (κ1) is 27.2. The molecule has 0 unspecified atom stereocenters. The van der Waals surface area contributed by atoms with Crippen molar-refractivity contribution < 1.29 is 22.7 Å². The number of hydrogen-bond acceptors (Lipinski definition) is 5. The van der Waals surface area contributed by atoms with E-state index < -0.39 is 22.5 Å². The van der Waals surface area contributed by atoms with Gasteiger partial charge < -0.3 is 15.4 Å². The van der Waals surface area contributed by atoms with E-state index in [1.807, 2.05) is 6.92 Å². The van der Waals surface area contributed by atoms with E-state index in [1.54, 1.807) is 60.7 Å². The molecule has 0 saturated heterocycles. The minimum Gasteiger partial charge on any atom is -0.497 e. The second-order valence-corrected chi connectivity index (χ2v) is 11.3. The first-order valence-electron chi connectivity index (χ1n) is 12.7. The van der Waals surface area contributed by atoms with Crippen LogP contribution in [0.1, 0.15) is 48.0 Å². The predicted octanol–water partition coefficient (Wildman–Crippen LogP) is 4.90. The van der Waals surface area contributed by atoms with Crippen molar-refractivity contribution in [2.24, 2.45) is 0 Å². The molecule has 0 atom stereocenters. The number of ether oxygens (including phenoxy) is 1. The smallest absolute Gasteiger partial charge is 0.264 e. The van der Waals surface area contributed by atoms with Crippen LogP contribution < -0.4 is 19.7 Å². The zero-order chi connectivity index (χ0) is 27.1. The zero-order valence-corrected chi connectivity index (χ0v) is 22.5. The lowest BCUT2D eigenvalue weighted by atomic mass is 9.95. The summed E-state index contributed by atoms with van der Waals surface area (Å²) in [6, 6.07) is 19.8. The first-order chi connectivity index (χ1) is 18.3. The number of nitrogens with zero attached hydrogens (tertiary/aromatic N) is 1. The molecule has 200 valence electrons. The molecule has 3 aromatic rings. The van der Waals surface area contributed by atoms with Crippen LogP contribution in [0.3, 0.4) is 0 Å². The van der Waals surface area contributed by atoms with E-state index in [0.29, 0.717) is 22.7 Å². The highest BCUT2D eigenvalue weighted by Gasteiger charge is 2.28. The Morgan fingerprint density at radius 3 is 2.24 bits per heavy atom. The van der Waals surface area contributed by atoms with Crippen molar-refractivity contribution in [2.75, 3.05) is 23.3 Å². The second kappa shape index (κ2) is 12.1. The third kappa shape index (κ3) is 6.52. The highest BCUT2D eigenvalue weighted by atomic mass is 32.2. The largest absolute Gasteiger partial charge is 0.497 e. The molecule has 2 N–H and O–H groups in total. The maximum Gasteiger partial charge on any atom is 0.264 e. The molecule has 2 amide bonds. The number of carbonyl (C=O) groups is 2. The van der Waals surface area contributed by atoms with Gasteiger partial charge in [0.15, 0.2) is 0 Å². The molecule has 0 aromatic heterocycles. The third-order valence-electron chi connectivity index (χ3n) is 6.64. The fraction of sp³-hybridized carbons (Fsp3) is 0.310. The van der Waals surface area contributed by atoms with Crippen LogP contribution >= 0.6 is 0 Å². The number of methoxy groups -OCH3 is 1. The molecule has 1 aliphatic rings. The maximum atomic E-state index is 13.6. The fourth-order valence-corrected chi connectivity index (χ4v) is 5.94. The molecule has 0 radical (unpaired) electrons. The summed E-state index contributed by atoms with van der Waals surface area (Å²) in [5, 5.41) is 5.83. The molecule has 0 bridgehead atoms. The van der Waals surface area contributed by atoms with Gasteiger partial charge in [-0.25, -0.2) is 8.42 Å². The van der Waals surface area contributed by atoms with Crippen molar-refractivity contribution in [1.82, 2.24) is 5.32 Å². The van der Waals surface area contributed by atoms with Crippen LogP contribution in [0.5, 0.6) is 5.75 Å². The Morgan fingerprint density at radius 2 is 1.58 bits per heavy atom. The molecular formula is C29H33N3O5S. The Kier molecular flexibility index (Phi) is 8.68. The average Bonchev–Trinajstić information content (AvgIpc) is 2.93. The molecule has 9 heteroatoms. The van der Waals surface area contributed by atoms with E-state index in [0.717, 1.165) is 35.6 Å². The van der Waals surface area contributed by atoms with Crippen molar-refractivity contribution >= 4 is 33.2 Å². The van der Waals surface area contributed by atoms with Gasteiger partial charge in [-0.05, 0) is 68.3 Å². The van der Waals surface area contributed by atoms with E-state index in [-0.39, 0.29) is 16.8 Å². The number of anilines is 2. The first-order valence-corrected chi connectivity index (χ1v) is 14.1. The van der Waals surface area contributed by atoms with Gasteiger partial charge in [0.2, 0.25) is 5.91 Å². The van der Waals surface area contributed by atoms with Crippen LogP contribution in [0.2, 0.25) is 0 Å². The highest BCUT2D eigenvalue weighted by Crippen LogP contribution is 2.26. The normalized spacial score (nSPS) is 13.9. The number of nitrogens with one attached hydrogen (secondary N) is 2. The quantitative estimate of drug-likeness (QED) is 0.406. The van der Waals surface area contributed by atoms with Crippen LogP contribution in [-0.2, 0) is 14.8 Å². The summed E-state index contributed by atoms with van der Waals surface area (Å²) in [6.45, 7) is 1.42. The predicted molar refractivity (Wildman–Crippen MR) is 148 cm³/mol. The van der Waals surface area contributed by atoms with Crippen LogP contribution in [0.4, 0.5) is 11.4 Å². The van der Waals surface area contributed by atoms with Gasteiger partial charge in [0, 0.05) is 6.04 Å². The molecule has 1 saturated carbocycles. The highest BCUT2D eigenvalue weighted by molar-refractivity contribution is 7.92. The number of rotatable bonds is 9. The van der Waals surface area contributed by atoms with Gasteiger partial charge >= 0.3 is 0 Å². The Bertz CT molecular complexity index is 1370. The third-order valence-corrected chi connectivity index (χ3v) is 8.43. The lowest BCUT2D eigenvalue weighted by molar-refractivity contribution is -0.114. The van der Waals surface area contributed by atoms with Gasteiger partial charge in [-0.15, -0.1) is 0 Å². The SMILES string of the molecule is COc1ccc(S(=O)(=O)N(CC(=O)Nc2ccccc2C(=O)NC2CCCCC2)c2ccc(C)cc2)cc1. The van der Waals surface area contributed by atoms with Gasteiger partial charge in [0.05, 0.1) is 28.9 Å². The second-order valence-electron chi connectivity index (χ2n) is 9.42. The van der Waals surface area contributed by atoms with Gasteiger partial charge in [-0.1, -0.05) is 49.1 Å². The summed E-state index contributed by atoms with van der Waals surface area (Å²) < 4.78 is 33.5. The molecule has 0 heterocycles. The van der Waals surface area contributed by atoms with E-state index in [4.69, 9.17) is 4.74 Å². The number of para-hydroxylation sites is 1. The summed E-state index contributed by atoms with van der Waals surface area (Å²) in [4.78, 5) is 26.3. The minimum atomic E-state index is -4.09. The Labute approximate surface area is 224 Å². The van der Waals surface area contributed by atoms with Crippen molar-refractivity contribution in [1.29, 1.82) is 0 Å². The lowest BCUT2D eigenvalue weighted by Crippen LogP contribution is -2.39. The van der Waals surface area contributed by atoms with Gasteiger partial charge in [-0.2, -0.15) is 0 Å². The summed E-state index contributed by atoms with van der Waals surface area (Å²) in [5.41, 5.74) is 1.98. The van der Waals surface area contributed by atoms with E-state index in [1.165, 1.54) is 25.7 Å². The van der Waals surface area contributed by atoms with Gasteiger partial charge in [0.1, 0.15) is 12.3 Å². The zero-order valence-electron chi connectivity index (χ0n) is 21.6. The van der Waals surface area contributed by atoms with Gasteiger partial charge in [0.25, 0.3) is 15.9 Å². The Morgan fingerprint density at radius 1 is 0.921 bits per heavy atom.